The van der Waals surface area contributed by atoms with Crippen molar-refractivity contribution >= 4 is 51.0 Å². The lowest BCUT2D eigenvalue weighted by molar-refractivity contribution is 0.306. The average Bonchev–Trinajstić information content (AvgIpc) is 2.69. The normalized spacial score (nSPS) is 11.6. The molecule has 0 bridgehead atoms. The van der Waals surface area contributed by atoms with E-state index in [2.05, 4.69) is 9.93 Å². The van der Waals surface area contributed by atoms with E-state index in [0.717, 1.165) is 11.1 Å². The molecule has 0 aromatic heterocycles. The van der Waals surface area contributed by atoms with Crippen LogP contribution in [0, 0.1) is 6.92 Å². The van der Waals surface area contributed by atoms with Crippen LogP contribution in [0.25, 0.3) is 0 Å². The molecule has 0 amide bonds. The Morgan fingerprint density at radius 2 is 1.60 bits per heavy atom. The molecule has 3 aromatic rings. The van der Waals surface area contributed by atoms with E-state index in [1.165, 1.54) is 18.3 Å². The lowest BCUT2D eigenvalue weighted by Crippen LogP contribution is -2.18. The first-order chi connectivity index (χ1) is 14.3. The lowest BCUT2D eigenvalue weighted by atomic mass is 10.2. The summed E-state index contributed by atoms with van der Waals surface area (Å²) in [5.74, 6) is 0.302. The highest BCUT2D eigenvalue weighted by molar-refractivity contribution is 7.89. The van der Waals surface area contributed by atoms with E-state index in [4.69, 9.17) is 39.5 Å². The van der Waals surface area contributed by atoms with Crippen LogP contribution in [0.15, 0.2) is 70.7 Å². The molecule has 5 nitrogen and oxygen atoms in total. The van der Waals surface area contributed by atoms with Gasteiger partial charge >= 0.3 is 0 Å². The standard InChI is InChI=1S/C21H17Cl3N2O3S/c1-14-6-8-17(9-7-14)30(27,28)26-25-12-15-10-19(23)21(20(24)11-15)29-13-16-4-2-3-5-18(16)22/h2-12,26H,13H2,1H3/b25-12-. The van der Waals surface area contributed by atoms with Crippen molar-refractivity contribution < 1.29 is 13.2 Å². The summed E-state index contributed by atoms with van der Waals surface area (Å²) >= 11 is 18.7. The van der Waals surface area contributed by atoms with Crippen molar-refractivity contribution in [1.82, 2.24) is 4.83 Å². The summed E-state index contributed by atoms with van der Waals surface area (Å²) in [5.41, 5.74) is 2.25. The molecule has 1 N–H and O–H groups in total. The first-order valence-electron chi connectivity index (χ1n) is 8.73. The molecule has 3 aromatic carbocycles. The van der Waals surface area contributed by atoms with Crippen molar-refractivity contribution in [2.75, 3.05) is 0 Å². The zero-order valence-corrected chi connectivity index (χ0v) is 18.9. The third kappa shape index (κ3) is 5.67. The van der Waals surface area contributed by atoms with E-state index in [1.54, 1.807) is 30.3 Å². The van der Waals surface area contributed by atoms with Gasteiger partial charge in [-0.3, -0.25) is 0 Å². The predicted octanol–water partition coefficient (Wildman–Crippen LogP) is 5.85. The van der Waals surface area contributed by atoms with Crippen LogP contribution >= 0.6 is 34.8 Å². The van der Waals surface area contributed by atoms with Crippen LogP contribution in [0.2, 0.25) is 15.1 Å². The van der Waals surface area contributed by atoms with Crippen LogP contribution in [-0.2, 0) is 16.6 Å². The minimum Gasteiger partial charge on any atom is -0.486 e. The number of halogens is 3. The Morgan fingerprint density at radius 3 is 2.23 bits per heavy atom. The second kappa shape index (κ2) is 9.71. The Balaban J connectivity index is 1.70. The molecule has 0 aliphatic heterocycles. The van der Waals surface area contributed by atoms with Crippen molar-refractivity contribution in [3.63, 3.8) is 0 Å². The summed E-state index contributed by atoms with van der Waals surface area (Å²) in [7, 11) is -3.77. The zero-order chi connectivity index (χ0) is 21.7. The molecular formula is C21H17Cl3N2O3S. The molecule has 156 valence electrons. The Kier molecular flexibility index (Phi) is 7.26. The van der Waals surface area contributed by atoms with E-state index < -0.39 is 10.0 Å². The van der Waals surface area contributed by atoms with E-state index in [1.807, 2.05) is 25.1 Å². The number of hydrazone groups is 1. The molecule has 0 fully saturated rings. The van der Waals surface area contributed by atoms with Crippen molar-refractivity contribution in [3.8, 4) is 5.75 Å². The molecule has 9 heteroatoms. The van der Waals surface area contributed by atoms with Gasteiger partial charge in [0.25, 0.3) is 10.0 Å². The minimum absolute atomic E-state index is 0.115. The fraction of sp³-hybridized carbons (Fsp3) is 0.0952. The molecule has 30 heavy (non-hydrogen) atoms. The smallest absolute Gasteiger partial charge is 0.276 e. The van der Waals surface area contributed by atoms with Crippen molar-refractivity contribution in [2.45, 2.75) is 18.4 Å². The molecule has 0 atom stereocenters. The second-order valence-electron chi connectivity index (χ2n) is 6.36. The number of benzene rings is 3. The van der Waals surface area contributed by atoms with E-state index in [0.29, 0.717) is 16.3 Å². The van der Waals surface area contributed by atoms with E-state index in [9.17, 15) is 8.42 Å². The molecule has 0 radical (unpaired) electrons. The van der Waals surface area contributed by atoms with Crippen LogP contribution in [0.5, 0.6) is 5.75 Å². The molecule has 0 aliphatic rings. The molecule has 0 saturated carbocycles. The van der Waals surface area contributed by atoms with Crippen molar-refractivity contribution in [3.05, 3.63) is 92.4 Å². The van der Waals surface area contributed by atoms with E-state index >= 15 is 0 Å². The molecule has 0 spiro atoms. The Morgan fingerprint density at radius 1 is 0.967 bits per heavy atom. The fourth-order valence-electron chi connectivity index (χ4n) is 2.50. The van der Waals surface area contributed by atoms with Crippen LogP contribution < -0.4 is 9.57 Å². The largest absolute Gasteiger partial charge is 0.486 e. The van der Waals surface area contributed by atoms with E-state index in [-0.39, 0.29) is 21.5 Å². The predicted molar refractivity (Wildman–Crippen MR) is 121 cm³/mol. The zero-order valence-electron chi connectivity index (χ0n) is 15.8. The maximum absolute atomic E-state index is 12.3. The van der Waals surface area contributed by atoms with Gasteiger partial charge < -0.3 is 4.74 Å². The average molecular weight is 484 g/mol. The Bertz CT molecular complexity index is 1160. The van der Waals surface area contributed by atoms with Gasteiger partial charge in [-0.2, -0.15) is 13.5 Å². The number of nitrogens with one attached hydrogen (secondary N) is 1. The van der Waals surface area contributed by atoms with Crippen LogP contribution in [0.3, 0.4) is 0 Å². The van der Waals surface area contributed by atoms with Crippen molar-refractivity contribution in [2.24, 2.45) is 5.10 Å². The first-order valence-corrected chi connectivity index (χ1v) is 11.3. The SMILES string of the molecule is Cc1ccc(S(=O)(=O)N/N=C\c2cc(Cl)c(OCc3ccccc3Cl)c(Cl)c2)cc1. The summed E-state index contributed by atoms with van der Waals surface area (Å²) in [4.78, 5) is 2.27. The highest BCUT2D eigenvalue weighted by Gasteiger charge is 2.13. The van der Waals surface area contributed by atoms with Crippen LogP contribution in [0.4, 0.5) is 0 Å². The van der Waals surface area contributed by atoms with Gasteiger partial charge in [0.15, 0.2) is 5.75 Å². The number of ether oxygens (including phenoxy) is 1. The van der Waals surface area contributed by atoms with Gasteiger partial charge in [-0.25, -0.2) is 4.83 Å². The number of aryl methyl sites for hydroxylation is 1. The van der Waals surface area contributed by atoms with Crippen LogP contribution in [0.1, 0.15) is 16.7 Å². The maximum atomic E-state index is 12.3. The quantitative estimate of drug-likeness (QED) is 0.339. The Labute approximate surface area is 190 Å². The molecule has 3 rings (SSSR count). The minimum atomic E-state index is -3.77. The Hall–Kier alpha value is -2.25. The topological polar surface area (TPSA) is 67.8 Å². The number of hydrogen-bond donors (Lipinski definition) is 1. The fourth-order valence-corrected chi connectivity index (χ4v) is 4.09. The van der Waals surface area contributed by atoms with Gasteiger partial charge in [-0.05, 0) is 42.8 Å². The molecule has 0 unspecified atom stereocenters. The summed E-state index contributed by atoms with van der Waals surface area (Å²) < 4.78 is 30.2. The maximum Gasteiger partial charge on any atom is 0.276 e. The first kappa shape index (κ1) is 22.4. The second-order valence-corrected chi connectivity index (χ2v) is 9.24. The van der Waals surface area contributed by atoms with Gasteiger partial charge in [0.1, 0.15) is 6.61 Å². The molecule has 0 saturated heterocycles. The molecule has 0 aliphatic carbocycles. The number of nitrogens with zero attached hydrogens (tertiary/aromatic N) is 1. The monoisotopic (exact) mass is 482 g/mol. The highest BCUT2D eigenvalue weighted by Crippen LogP contribution is 2.34. The van der Waals surface area contributed by atoms with Gasteiger partial charge in [0.2, 0.25) is 0 Å². The lowest BCUT2D eigenvalue weighted by Gasteiger charge is -2.11. The van der Waals surface area contributed by atoms with Gasteiger partial charge in [0, 0.05) is 10.6 Å². The van der Waals surface area contributed by atoms with Gasteiger partial charge in [-0.15, -0.1) is 0 Å². The van der Waals surface area contributed by atoms with Crippen LogP contribution in [-0.4, -0.2) is 14.6 Å². The number of hydrogen-bond acceptors (Lipinski definition) is 4. The summed E-state index contributed by atoms with van der Waals surface area (Å²) in [6.07, 6.45) is 1.31. The van der Waals surface area contributed by atoms with Gasteiger partial charge in [-0.1, -0.05) is 70.7 Å². The summed E-state index contributed by atoms with van der Waals surface area (Å²) in [5, 5.41) is 4.89. The summed E-state index contributed by atoms with van der Waals surface area (Å²) in [6.45, 7) is 2.07. The third-order valence-electron chi connectivity index (χ3n) is 4.07. The number of rotatable bonds is 7. The van der Waals surface area contributed by atoms with Crippen molar-refractivity contribution in [1.29, 1.82) is 0 Å². The summed E-state index contributed by atoms with van der Waals surface area (Å²) in [6, 6.07) is 16.8. The highest BCUT2D eigenvalue weighted by atomic mass is 35.5. The molecular weight excluding hydrogens is 467 g/mol. The van der Waals surface area contributed by atoms with Gasteiger partial charge in [0.05, 0.1) is 21.2 Å². The third-order valence-corrected chi connectivity index (χ3v) is 6.24. The number of sulfonamides is 1. The molecule has 0 heterocycles.